The molecule has 1 aliphatic rings. The van der Waals surface area contributed by atoms with Gasteiger partial charge in [0, 0.05) is 29.5 Å². The van der Waals surface area contributed by atoms with E-state index >= 15 is 0 Å². The summed E-state index contributed by atoms with van der Waals surface area (Å²) in [4.78, 5) is 15.4. The first-order chi connectivity index (χ1) is 12.2. The van der Waals surface area contributed by atoms with Gasteiger partial charge in [0.25, 0.3) is 0 Å². The first kappa shape index (κ1) is 17.4. The number of benzene rings is 2. The SMILES string of the molecule is CC1(C=O)CC1(c1ccccc1)c1ccccc1.CNc1nccs1. The Morgan fingerprint density at radius 1 is 1.04 bits per heavy atom. The summed E-state index contributed by atoms with van der Waals surface area (Å²) in [5.74, 6) is 0. The maximum absolute atomic E-state index is 11.5. The Labute approximate surface area is 152 Å². The summed E-state index contributed by atoms with van der Waals surface area (Å²) in [6.45, 7) is 2.06. The molecular formula is C21H22N2OS. The summed E-state index contributed by atoms with van der Waals surface area (Å²) in [5.41, 5.74) is 2.09. The second kappa shape index (κ2) is 7.19. The van der Waals surface area contributed by atoms with Crippen LogP contribution in [0.25, 0.3) is 0 Å². The molecule has 4 rings (SSSR count). The van der Waals surface area contributed by atoms with Crippen molar-refractivity contribution in [2.45, 2.75) is 18.8 Å². The fraction of sp³-hybridized carbons (Fsp3) is 0.238. The van der Waals surface area contributed by atoms with Crippen LogP contribution in [0.5, 0.6) is 0 Å². The molecule has 1 N–H and O–H groups in total. The number of hydrogen-bond acceptors (Lipinski definition) is 4. The highest BCUT2D eigenvalue weighted by molar-refractivity contribution is 7.13. The van der Waals surface area contributed by atoms with Gasteiger partial charge >= 0.3 is 0 Å². The number of aromatic nitrogens is 1. The molecule has 1 aliphatic carbocycles. The van der Waals surface area contributed by atoms with Gasteiger partial charge in [0.15, 0.2) is 5.13 Å². The molecule has 1 unspecified atom stereocenters. The van der Waals surface area contributed by atoms with Crippen LogP contribution in [0.2, 0.25) is 0 Å². The van der Waals surface area contributed by atoms with Crippen LogP contribution in [0.15, 0.2) is 72.2 Å². The van der Waals surface area contributed by atoms with Crippen LogP contribution in [0.3, 0.4) is 0 Å². The molecule has 1 atom stereocenters. The van der Waals surface area contributed by atoms with Gasteiger partial charge in [-0.05, 0) is 17.5 Å². The number of nitrogens with zero attached hydrogens (tertiary/aromatic N) is 1. The molecule has 3 nitrogen and oxygen atoms in total. The Bertz CT molecular complexity index is 763. The summed E-state index contributed by atoms with van der Waals surface area (Å²) in [6.07, 6.45) is 3.79. The van der Waals surface area contributed by atoms with E-state index in [1.54, 1.807) is 17.5 Å². The monoisotopic (exact) mass is 350 g/mol. The Hall–Kier alpha value is -2.46. The number of nitrogens with one attached hydrogen (secondary N) is 1. The standard InChI is InChI=1S/C17H16O.C4H6N2S/c1-16(13-18)12-17(16,14-8-4-2-5-9-14)15-10-6-3-7-11-15;1-5-4-6-2-3-7-4/h2-11,13H,12H2,1H3;2-3H,1H3,(H,5,6). The highest BCUT2D eigenvalue weighted by Crippen LogP contribution is 2.66. The Morgan fingerprint density at radius 3 is 1.92 bits per heavy atom. The molecule has 0 saturated heterocycles. The fourth-order valence-electron chi connectivity index (χ4n) is 3.47. The number of carbonyl (C=O) groups is 1. The van der Waals surface area contributed by atoms with Crippen molar-refractivity contribution in [2.24, 2.45) is 5.41 Å². The van der Waals surface area contributed by atoms with Crippen molar-refractivity contribution >= 4 is 22.8 Å². The minimum atomic E-state index is -0.268. The van der Waals surface area contributed by atoms with Crippen LogP contribution in [0.4, 0.5) is 5.13 Å². The number of hydrogen-bond donors (Lipinski definition) is 1. The van der Waals surface area contributed by atoms with E-state index in [0.717, 1.165) is 17.8 Å². The van der Waals surface area contributed by atoms with E-state index in [9.17, 15) is 4.79 Å². The van der Waals surface area contributed by atoms with Crippen LogP contribution in [-0.4, -0.2) is 18.3 Å². The Balaban J connectivity index is 0.000000219. The fourth-order valence-corrected chi connectivity index (χ4v) is 3.96. The van der Waals surface area contributed by atoms with Gasteiger partial charge in [-0.3, -0.25) is 0 Å². The van der Waals surface area contributed by atoms with Gasteiger partial charge in [0.1, 0.15) is 6.29 Å². The van der Waals surface area contributed by atoms with Gasteiger partial charge in [0.05, 0.1) is 0 Å². The van der Waals surface area contributed by atoms with Gasteiger partial charge in [-0.1, -0.05) is 67.6 Å². The quantitative estimate of drug-likeness (QED) is 0.689. The molecule has 1 saturated carbocycles. The van der Waals surface area contributed by atoms with Crippen molar-refractivity contribution in [1.29, 1.82) is 0 Å². The molecule has 4 heteroatoms. The van der Waals surface area contributed by atoms with Gasteiger partial charge < -0.3 is 10.1 Å². The normalized spacial score (nSPS) is 20.1. The smallest absolute Gasteiger partial charge is 0.182 e. The Morgan fingerprint density at radius 2 is 1.60 bits per heavy atom. The van der Waals surface area contributed by atoms with E-state index in [0.29, 0.717) is 0 Å². The lowest BCUT2D eigenvalue weighted by atomic mass is 9.81. The average molecular weight is 350 g/mol. The Kier molecular flexibility index (Phi) is 5.00. The lowest BCUT2D eigenvalue weighted by Crippen LogP contribution is -2.19. The molecule has 0 aliphatic heterocycles. The third kappa shape index (κ3) is 3.22. The molecule has 1 fully saturated rings. The van der Waals surface area contributed by atoms with Crippen molar-refractivity contribution in [3.63, 3.8) is 0 Å². The number of thiazole rings is 1. The number of aldehydes is 1. The zero-order valence-electron chi connectivity index (χ0n) is 14.5. The average Bonchev–Trinajstić information content (AvgIpc) is 3.04. The van der Waals surface area contributed by atoms with Gasteiger partial charge in [-0.15, -0.1) is 11.3 Å². The lowest BCUT2D eigenvalue weighted by Gasteiger charge is -2.21. The molecule has 0 spiro atoms. The molecule has 0 amide bonds. The summed E-state index contributed by atoms with van der Waals surface area (Å²) in [7, 11) is 1.86. The van der Waals surface area contributed by atoms with Crippen molar-refractivity contribution in [3.8, 4) is 0 Å². The molecule has 128 valence electrons. The molecular weight excluding hydrogens is 328 g/mol. The van der Waals surface area contributed by atoms with E-state index in [4.69, 9.17) is 0 Å². The van der Waals surface area contributed by atoms with Crippen molar-refractivity contribution in [1.82, 2.24) is 4.98 Å². The third-order valence-electron chi connectivity index (χ3n) is 4.92. The highest BCUT2D eigenvalue weighted by atomic mass is 32.1. The predicted octanol–water partition coefficient (Wildman–Crippen LogP) is 4.77. The highest BCUT2D eigenvalue weighted by Gasteiger charge is 2.66. The molecule has 3 aromatic rings. The summed E-state index contributed by atoms with van der Waals surface area (Å²) < 4.78 is 0. The minimum Gasteiger partial charge on any atom is -0.365 e. The summed E-state index contributed by atoms with van der Waals surface area (Å²) in [5, 5.41) is 5.82. The number of anilines is 1. The molecule has 0 radical (unpaired) electrons. The predicted molar refractivity (Wildman–Crippen MR) is 104 cm³/mol. The van der Waals surface area contributed by atoms with Crippen molar-refractivity contribution < 1.29 is 4.79 Å². The van der Waals surface area contributed by atoms with Crippen LogP contribution in [-0.2, 0) is 10.2 Å². The van der Waals surface area contributed by atoms with Gasteiger partial charge in [-0.2, -0.15) is 0 Å². The van der Waals surface area contributed by atoms with E-state index in [1.807, 2.05) is 48.8 Å². The maximum atomic E-state index is 11.5. The zero-order valence-corrected chi connectivity index (χ0v) is 15.3. The van der Waals surface area contributed by atoms with Gasteiger partial charge in [0.2, 0.25) is 0 Å². The van der Waals surface area contributed by atoms with Crippen LogP contribution < -0.4 is 5.32 Å². The maximum Gasteiger partial charge on any atom is 0.182 e. The van der Waals surface area contributed by atoms with Gasteiger partial charge in [-0.25, -0.2) is 4.98 Å². The molecule has 0 bridgehead atoms. The number of rotatable bonds is 4. The second-order valence-electron chi connectivity index (χ2n) is 6.44. The van der Waals surface area contributed by atoms with Crippen LogP contribution in [0, 0.1) is 5.41 Å². The third-order valence-corrected chi connectivity index (χ3v) is 5.71. The molecule has 25 heavy (non-hydrogen) atoms. The second-order valence-corrected chi connectivity index (χ2v) is 7.33. The van der Waals surface area contributed by atoms with E-state index in [-0.39, 0.29) is 10.8 Å². The first-order valence-electron chi connectivity index (χ1n) is 8.31. The van der Waals surface area contributed by atoms with Crippen LogP contribution in [0.1, 0.15) is 24.5 Å². The van der Waals surface area contributed by atoms with E-state index in [2.05, 4.69) is 41.5 Å². The van der Waals surface area contributed by atoms with E-state index in [1.165, 1.54) is 11.1 Å². The molecule has 2 aromatic carbocycles. The largest absolute Gasteiger partial charge is 0.365 e. The van der Waals surface area contributed by atoms with E-state index < -0.39 is 0 Å². The molecule has 1 aromatic heterocycles. The molecule has 1 heterocycles. The lowest BCUT2D eigenvalue weighted by molar-refractivity contribution is -0.112. The summed E-state index contributed by atoms with van der Waals surface area (Å²) >= 11 is 1.60. The van der Waals surface area contributed by atoms with Crippen molar-refractivity contribution in [3.05, 3.63) is 83.4 Å². The van der Waals surface area contributed by atoms with Crippen LogP contribution >= 0.6 is 11.3 Å². The zero-order chi connectivity index (χ0) is 17.8. The summed E-state index contributed by atoms with van der Waals surface area (Å²) in [6, 6.07) is 20.7. The first-order valence-corrected chi connectivity index (χ1v) is 9.19. The number of carbonyl (C=O) groups excluding carboxylic acids is 1. The topological polar surface area (TPSA) is 42.0 Å². The minimum absolute atomic E-state index is 0.128. The van der Waals surface area contributed by atoms with Crippen molar-refractivity contribution in [2.75, 3.05) is 12.4 Å².